The van der Waals surface area contributed by atoms with Gasteiger partial charge in [-0.05, 0) is 35.1 Å². The molecule has 1 heterocycles. The number of carboxylic acids is 1. The second-order valence-electron chi connectivity index (χ2n) is 4.90. The second-order valence-corrected chi connectivity index (χ2v) is 4.90. The molecule has 0 spiro atoms. The van der Waals surface area contributed by atoms with Crippen LogP contribution in [0.2, 0.25) is 0 Å². The van der Waals surface area contributed by atoms with Gasteiger partial charge in [0.1, 0.15) is 0 Å². The van der Waals surface area contributed by atoms with Crippen molar-refractivity contribution in [1.29, 1.82) is 0 Å². The van der Waals surface area contributed by atoms with Crippen molar-refractivity contribution in [3.63, 3.8) is 0 Å². The van der Waals surface area contributed by atoms with Crippen LogP contribution in [0.4, 0.5) is 0 Å². The van der Waals surface area contributed by atoms with Gasteiger partial charge in [0.25, 0.3) is 0 Å². The van der Waals surface area contributed by atoms with Gasteiger partial charge in [-0.1, -0.05) is 42.5 Å². The van der Waals surface area contributed by atoms with Crippen LogP contribution in [0.5, 0.6) is 0 Å². The molecule has 3 aromatic rings. The summed E-state index contributed by atoms with van der Waals surface area (Å²) >= 11 is 0. The standard InChI is InChI=1S/C17H15NO2/c19-17(20)15(13-4-2-1-3-5-13)10-12-6-7-14-8-9-18-16(14)11-12/h1-9,11,15,18H,10H2,(H,19,20). The van der Waals surface area contributed by atoms with E-state index in [9.17, 15) is 9.90 Å². The highest BCUT2D eigenvalue weighted by Crippen LogP contribution is 2.23. The van der Waals surface area contributed by atoms with E-state index in [1.54, 1.807) is 0 Å². The zero-order chi connectivity index (χ0) is 13.9. The first-order valence-corrected chi connectivity index (χ1v) is 6.58. The van der Waals surface area contributed by atoms with E-state index in [0.29, 0.717) is 6.42 Å². The van der Waals surface area contributed by atoms with Crippen LogP contribution in [0.25, 0.3) is 10.9 Å². The van der Waals surface area contributed by atoms with Gasteiger partial charge in [0.2, 0.25) is 0 Å². The predicted octanol–water partition coefficient (Wildman–Crippen LogP) is 3.58. The molecule has 0 aliphatic heterocycles. The lowest BCUT2D eigenvalue weighted by atomic mass is 9.92. The molecule has 1 unspecified atom stereocenters. The molecule has 3 heteroatoms. The van der Waals surface area contributed by atoms with E-state index < -0.39 is 11.9 Å². The van der Waals surface area contributed by atoms with Crippen LogP contribution < -0.4 is 0 Å². The quantitative estimate of drug-likeness (QED) is 0.757. The summed E-state index contributed by atoms with van der Waals surface area (Å²) in [5, 5.41) is 10.6. The van der Waals surface area contributed by atoms with Crippen LogP contribution in [-0.4, -0.2) is 16.1 Å². The third kappa shape index (κ3) is 2.43. The van der Waals surface area contributed by atoms with Gasteiger partial charge in [0.15, 0.2) is 0 Å². The van der Waals surface area contributed by atoms with Crippen molar-refractivity contribution >= 4 is 16.9 Å². The fourth-order valence-electron chi connectivity index (χ4n) is 2.49. The molecule has 0 fully saturated rings. The molecule has 0 amide bonds. The van der Waals surface area contributed by atoms with E-state index in [1.807, 2.05) is 60.8 Å². The highest BCUT2D eigenvalue weighted by Gasteiger charge is 2.20. The molecule has 0 aliphatic rings. The number of benzene rings is 2. The van der Waals surface area contributed by atoms with Crippen molar-refractivity contribution in [2.45, 2.75) is 12.3 Å². The SMILES string of the molecule is O=C(O)C(Cc1ccc2cc[nH]c2c1)c1ccccc1. The van der Waals surface area contributed by atoms with Crippen molar-refractivity contribution in [3.8, 4) is 0 Å². The van der Waals surface area contributed by atoms with Crippen molar-refractivity contribution in [1.82, 2.24) is 4.98 Å². The molecule has 2 N–H and O–H groups in total. The molecule has 100 valence electrons. The Morgan fingerprint density at radius 2 is 1.90 bits per heavy atom. The van der Waals surface area contributed by atoms with Crippen molar-refractivity contribution in [3.05, 3.63) is 71.9 Å². The van der Waals surface area contributed by atoms with Crippen LogP contribution in [0.15, 0.2) is 60.8 Å². The smallest absolute Gasteiger partial charge is 0.311 e. The third-order valence-corrected chi connectivity index (χ3v) is 3.56. The van der Waals surface area contributed by atoms with Gasteiger partial charge in [-0.2, -0.15) is 0 Å². The number of carbonyl (C=O) groups is 1. The fourth-order valence-corrected chi connectivity index (χ4v) is 2.49. The molecule has 1 atom stereocenters. The molecule has 0 aliphatic carbocycles. The Hall–Kier alpha value is -2.55. The maximum Gasteiger partial charge on any atom is 0.311 e. The Morgan fingerprint density at radius 1 is 1.10 bits per heavy atom. The van der Waals surface area contributed by atoms with E-state index in [-0.39, 0.29) is 0 Å². The number of hydrogen-bond acceptors (Lipinski definition) is 1. The molecular weight excluding hydrogens is 250 g/mol. The normalized spacial score (nSPS) is 12.4. The van der Waals surface area contributed by atoms with Crippen LogP contribution in [0, 0.1) is 0 Å². The summed E-state index contributed by atoms with van der Waals surface area (Å²) in [6.45, 7) is 0. The molecule has 0 bridgehead atoms. The molecule has 3 rings (SSSR count). The molecule has 1 aromatic heterocycles. The van der Waals surface area contributed by atoms with Crippen molar-refractivity contribution in [2.24, 2.45) is 0 Å². The Labute approximate surface area is 116 Å². The van der Waals surface area contributed by atoms with E-state index in [0.717, 1.165) is 22.0 Å². The summed E-state index contributed by atoms with van der Waals surface area (Å²) in [7, 11) is 0. The zero-order valence-corrected chi connectivity index (χ0v) is 10.9. The summed E-state index contributed by atoms with van der Waals surface area (Å²) < 4.78 is 0. The molecular formula is C17H15NO2. The van der Waals surface area contributed by atoms with E-state index in [2.05, 4.69) is 4.98 Å². The Morgan fingerprint density at radius 3 is 2.65 bits per heavy atom. The van der Waals surface area contributed by atoms with Crippen molar-refractivity contribution < 1.29 is 9.90 Å². The first-order chi connectivity index (χ1) is 9.74. The Balaban J connectivity index is 1.91. The largest absolute Gasteiger partial charge is 0.481 e. The number of nitrogens with one attached hydrogen (secondary N) is 1. The molecule has 2 aromatic carbocycles. The minimum Gasteiger partial charge on any atom is -0.481 e. The van der Waals surface area contributed by atoms with Crippen molar-refractivity contribution in [2.75, 3.05) is 0 Å². The Bertz CT molecular complexity index is 731. The first kappa shape index (κ1) is 12.5. The minimum absolute atomic E-state index is 0.494. The number of aromatic amines is 1. The zero-order valence-electron chi connectivity index (χ0n) is 10.9. The third-order valence-electron chi connectivity index (χ3n) is 3.56. The van der Waals surface area contributed by atoms with Gasteiger partial charge in [0.05, 0.1) is 5.92 Å². The summed E-state index contributed by atoms with van der Waals surface area (Å²) in [4.78, 5) is 14.7. The maximum atomic E-state index is 11.5. The summed E-state index contributed by atoms with van der Waals surface area (Å²) in [5.74, 6) is -1.30. The van der Waals surface area contributed by atoms with Gasteiger partial charge in [-0.25, -0.2) is 0 Å². The monoisotopic (exact) mass is 265 g/mol. The van der Waals surface area contributed by atoms with Gasteiger partial charge in [0, 0.05) is 11.7 Å². The highest BCUT2D eigenvalue weighted by molar-refractivity contribution is 5.81. The molecule has 0 saturated heterocycles. The number of fused-ring (bicyclic) bond motifs is 1. The van der Waals surface area contributed by atoms with E-state index >= 15 is 0 Å². The van der Waals surface area contributed by atoms with Crippen LogP contribution in [-0.2, 0) is 11.2 Å². The topological polar surface area (TPSA) is 53.1 Å². The number of aliphatic carboxylic acids is 1. The number of rotatable bonds is 4. The molecule has 3 nitrogen and oxygen atoms in total. The number of hydrogen-bond donors (Lipinski definition) is 2. The van der Waals surface area contributed by atoms with E-state index in [1.165, 1.54) is 0 Å². The van der Waals surface area contributed by atoms with Crippen LogP contribution in [0.3, 0.4) is 0 Å². The molecule has 0 saturated carbocycles. The molecule has 20 heavy (non-hydrogen) atoms. The lowest BCUT2D eigenvalue weighted by Crippen LogP contribution is -2.14. The lowest BCUT2D eigenvalue weighted by Gasteiger charge is -2.13. The second kappa shape index (κ2) is 5.21. The minimum atomic E-state index is -0.789. The first-order valence-electron chi connectivity index (χ1n) is 6.58. The van der Waals surface area contributed by atoms with Crippen LogP contribution in [0.1, 0.15) is 17.0 Å². The maximum absolute atomic E-state index is 11.5. The van der Waals surface area contributed by atoms with Gasteiger partial charge < -0.3 is 10.1 Å². The summed E-state index contributed by atoms with van der Waals surface area (Å²) in [5.41, 5.74) is 2.91. The fraction of sp³-hybridized carbons (Fsp3) is 0.118. The number of aromatic nitrogens is 1. The lowest BCUT2D eigenvalue weighted by molar-refractivity contribution is -0.138. The van der Waals surface area contributed by atoms with Crippen LogP contribution >= 0.6 is 0 Å². The van der Waals surface area contributed by atoms with Gasteiger partial charge in [-0.3, -0.25) is 4.79 Å². The Kier molecular flexibility index (Phi) is 3.25. The summed E-state index contributed by atoms with van der Waals surface area (Å²) in [6.07, 6.45) is 2.38. The average Bonchev–Trinajstić information content (AvgIpc) is 2.93. The average molecular weight is 265 g/mol. The number of H-pyrrole nitrogens is 1. The summed E-state index contributed by atoms with van der Waals surface area (Å²) in [6, 6.07) is 17.4. The number of carboxylic acid groups (broad SMARTS) is 1. The highest BCUT2D eigenvalue weighted by atomic mass is 16.4. The van der Waals surface area contributed by atoms with Gasteiger partial charge in [-0.15, -0.1) is 0 Å². The molecule has 0 radical (unpaired) electrons. The predicted molar refractivity (Wildman–Crippen MR) is 78.8 cm³/mol. The van der Waals surface area contributed by atoms with Gasteiger partial charge >= 0.3 is 5.97 Å². The van der Waals surface area contributed by atoms with E-state index in [4.69, 9.17) is 0 Å².